The number of nitrogens with zero attached hydrogens (tertiary/aromatic N) is 3. The maximum Gasteiger partial charge on any atom is 0.261 e. The smallest absolute Gasteiger partial charge is 0.261 e. The zero-order chi connectivity index (χ0) is 24.1. The molecule has 0 bridgehead atoms. The van der Waals surface area contributed by atoms with Crippen LogP contribution in [0, 0.1) is 0 Å². The van der Waals surface area contributed by atoms with Crippen molar-refractivity contribution in [2.24, 2.45) is 0 Å². The fourth-order valence-corrected chi connectivity index (χ4v) is 4.03. The van der Waals surface area contributed by atoms with Crippen LogP contribution in [0.4, 0.5) is 0 Å². The fourth-order valence-electron chi connectivity index (χ4n) is 3.07. The van der Waals surface area contributed by atoms with Gasteiger partial charge in [0.2, 0.25) is 0 Å². The number of rotatable bonds is 9. The quantitative estimate of drug-likeness (QED) is 0.275. The summed E-state index contributed by atoms with van der Waals surface area (Å²) in [5.41, 5.74) is 1.78. The van der Waals surface area contributed by atoms with Gasteiger partial charge in [-0.3, -0.25) is 9.59 Å². The number of carbonyl (C=O) groups excluding carboxylic acids is 1. The number of halogens is 1. The molecule has 0 aliphatic heterocycles. The molecule has 12 heteroatoms. The summed E-state index contributed by atoms with van der Waals surface area (Å²) in [5.74, 6) is 0.0489. The van der Waals surface area contributed by atoms with Gasteiger partial charge >= 0.3 is 0 Å². The monoisotopic (exact) mass is 501 g/mol. The first-order valence-electron chi connectivity index (χ1n) is 10.1. The summed E-state index contributed by atoms with van der Waals surface area (Å²) in [6, 6.07) is 11.8. The Bertz CT molecular complexity index is 1350. The number of aliphatic hydroxyl groups excluding tert-OH is 2. The van der Waals surface area contributed by atoms with E-state index in [4.69, 9.17) is 21.4 Å². The Labute approximate surface area is 202 Å². The third-order valence-electron chi connectivity index (χ3n) is 4.75. The van der Waals surface area contributed by atoms with Crippen molar-refractivity contribution in [1.82, 2.24) is 25.3 Å². The number of benzene rings is 1. The van der Waals surface area contributed by atoms with Gasteiger partial charge in [-0.25, -0.2) is 4.68 Å². The Morgan fingerprint density at radius 3 is 2.88 bits per heavy atom. The van der Waals surface area contributed by atoms with E-state index >= 15 is 0 Å². The number of amides is 1. The number of nitrogens with one attached hydrogen (secondary N) is 2. The van der Waals surface area contributed by atoms with E-state index < -0.39 is 12.7 Å². The number of aromatic nitrogens is 4. The van der Waals surface area contributed by atoms with Crippen LogP contribution in [0.3, 0.4) is 0 Å². The van der Waals surface area contributed by atoms with E-state index in [1.165, 1.54) is 22.2 Å². The second-order valence-corrected chi connectivity index (χ2v) is 8.90. The molecule has 1 amide bonds. The lowest BCUT2D eigenvalue weighted by Gasteiger charge is -2.15. The zero-order valence-electron chi connectivity index (χ0n) is 17.6. The zero-order valence-corrected chi connectivity index (χ0v) is 19.2. The highest BCUT2D eigenvalue weighted by Gasteiger charge is 2.15. The summed E-state index contributed by atoms with van der Waals surface area (Å²) >= 11 is 7.05. The molecule has 0 saturated carbocycles. The summed E-state index contributed by atoms with van der Waals surface area (Å²) in [4.78, 5) is 27.5. The molecular weight excluding hydrogens is 482 g/mol. The van der Waals surface area contributed by atoms with Crippen molar-refractivity contribution in [2.45, 2.75) is 12.6 Å². The third kappa shape index (κ3) is 5.51. The molecule has 0 aliphatic carbocycles. The van der Waals surface area contributed by atoms with Crippen LogP contribution in [0.1, 0.15) is 15.4 Å². The second-order valence-electron chi connectivity index (χ2n) is 7.18. The van der Waals surface area contributed by atoms with Gasteiger partial charge in [0.05, 0.1) is 28.6 Å². The van der Waals surface area contributed by atoms with Crippen LogP contribution in [-0.4, -0.2) is 55.4 Å². The second kappa shape index (κ2) is 10.6. The molecule has 0 spiro atoms. The predicted molar refractivity (Wildman–Crippen MR) is 127 cm³/mol. The number of aliphatic hydroxyl groups is 2. The van der Waals surface area contributed by atoms with Crippen LogP contribution < -0.4 is 15.6 Å². The summed E-state index contributed by atoms with van der Waals surface area (Å²) in [6.45, 7) is -0.486. The van der Waals surface area contributed by atoms with Gasteiger partial charge in [-0.15, -0.1) is 16.4 Å². The van der Waals surface area contributed by atoms with Gasteiger partial charge in [0.1, 0.15) is 29.8 Å². The normalized spacial score (nSPS) is 11.9. The van der Waals surface area contributed by atoms with Crippen LogP contribution >= 0.6 is 22.9 Å². The van der Waals surface area contributed by atoms with E-state index in [1.807, 2.05) is 0 Å². The number of hydrogen-bond donors (Lipinski definition) is 4. The average molecular weight is 502 g/mol. The van der Waals surface area contributed by atoms with Crippen molar-refractivity contribution >= 4 is 28.8 Å². The molecule has 4 rings (SSSR count). The van der Waals surface area contributed by atoms with Crippen LogP contribution in [0.25, 0.3) is 16.8 Å². The third-order valence-corrected chi connectivity index (χ3v) is 5.98. The lowest BCUT2D eigenvalue weighted by Crippen LogP contribution is -2.22. The molecule has 4 aromatic rings. The topological polar surface area (TPSA) is 142 Å². The molecule has 10 nitrogen and oxygen atoms in total. The molecule has 0 radical (unpaired) electrons. The van der Waals surface area contributed by atoms with E-state index in [2.05, 4.69) is 20.6 Å². The largest absolute Gasteiger partial charge is 0.489 e. The average Bonchev–Trinajstić information content (AvgIpc) is 3.50. The first-order chi connectivity index (χ1) is 16.4. The molecule has 34 heavy (non-hydrogen) atoms. The molecule has 1 atom stereocenters. The van der Waals surface area contributed by atoms with Crippen LogP contribution in [-0.2, 0) is 6.54 Å². The van der Waals surface area contributed by atoms with Crippen LogP contribution in [0.15, 0.2) is 59.7 Å². The van der Waals surface area contributed by atoms with Crippen LogP contribution in [0.5, 0.6) is 5.75 Å². The number of aromatic amines is 1. The van der Waals surface area contributed by atoms with Crippen LogP contribution in [0.2, 0.25) is 4.34 Å². The number of hydrogen-bond acceptors (Lipinski definition) is 8. The van der Waals surface area contributed by atoms with Gasteiger partial charge in [-0.1, -0.05) is 22.9 Å². The van der Waals surface area contributed by atoms with E-state index in [1.54, 1.807) is 48.7 Å². The summed E-state index contributed by atoms with van der Waals surface area (Å²) < 4.78 is 7.71. The molecule has 176 valence electrons. The van der Waals surface area contributed by atoms with Crippen molar-refractivity contribution in [3.63, 3.8) is 0 Å². The lowest BCUT2D eigenvalue weighted by atomic mass is 10.1. The first-order valence-corrected chi connectivity index (χ1v) is 11.3. The minimum Gasteiger partial charge on any atom is -0.489 e. The molecule has 0 aliphatic rings. The fraction of sp³-hybridized carbons (Fsp3) is 0.182. The van der Waals surface area contributed by atoms with Gasteiger partial charge in [0.15, 0.2) is 0 Å². The highest BCUT2D eigenvalue weighted by molar-refractivity contribution is 7.17. The van der Waals surface area contributed by atoms with Crippen molar-refractivity contribution in [1.29, 1.82) is 0 Å². The lowest BCUT2D eigenvalue weighted by molar-refractivity contribution is 0.0535. The molecule has 3 heterocycles. The van der Waals surface area contributed by atoms with Crippen molar-refractivity contribution in [3.8, 4) is 22.6 Å². The maximum absolute atomic E-state index is 12.2. The summed E-state index contributed by atoms with van der Waals surface area (Å²) in [7, 11) is 0. The molecule has 1 aromatic carbocycles. The molecule has 0 fully saturated rings. The molecular formula is C22H20ClN5O5S. The van der Waals surface area contributed by atoms with Gasteiger partial charge in [0.25, 0.3) is 11.5 Å². The van der Waals surface area contributed by atoms with Gasteiger partial charge < -0.3 is 25.3 Å². The Kier molecular flexibility index (Phi) is 7.38. The predicted octanol–water partition coefficient (Wildman–Crippen LogP) is 2.00. The highest BCUT2D eigenvalue weighted by atomic mass is 35.5. The van der Waals surface area contributed by atoms with E-state index in [0.717, 1.165) is 0 Å². The molecule has 3 aromatic heterocycles. The van der Waals surface area contributed by atoms with E-state index in [0.29, 0.717) is 37.5 Å². The molecule has 0 saturated heterocycles. The van der Waals surface area contributed by atoms with Crippen molar-refractivity contribution in [2.75, 3.05) is 13.2 Å². The number of pyridine rings is 1. The van der Waals surface area contributed by atoms with E-state index in [-0.39, 0.29) is 24.6 Å². The SMILES string of the molecule is O=C(NCc1cn(-c2ccc(-c3ccc[nH]c3=O)cc2OC[C@H](O)CO)nn1)c1ccc(Cl)s1. The summed E-state index contributed by atoms with van der Waals surface area (Å²) in [5, 5.41) is 29.8. The minimum atomic E-state index is -1.08. The number of ether oxygens (including phenoxy) is 1. The maximum atomic E-state index is 12.2. The van der Waals surface area contributed by atoms with Gasteiger partial charge in [-0.2, -0.15) is 0 Å². The summed E-state index contributed by atoms with van der Waals surface area (Å²) in [6.07, 6.45) is 2.09. The van der Waals surface area contributed by atoms with Gasteiger partial charge in [-0.05, 0) is 42.0 Å². The van der Waals surface area contributed by atoms with Gasteiger partial charge in [0, 0.05) is 11.8 Å². The standard InChI is InChI=1S/C22H20ClN5O5S/c23-20-6-5-19(34-20)22(32)25-9-14-10-28(27-26-14)17-4-3-13(16-2-1-7-24-21(16)31)8-18(17)33-12-15(30)11-29/h1-8,10,15,29-30H,9,11-12H2,(H,24,31)(H,25,32)/t15-/m1/s1. The van der Waals surface area contributed by atoms with E-state index in [9.17, 15) is 14.7 Å². The number of thiophene rings is 1. The Balaban J connectivity index is 1.57. The minimum absolute atomic E-state index is 0.144. The number of carbonyl (C=O) groups is 1. The first kappa shape index (κ1) is 23.6. The molecule has 4 N–H and O–H groups in total. The number of H-pyrrole nitrogens is 1. The Hall–Kier alpha value is -3.51. The Morgan fingerprint density at radius 2 is 2.15 bits per heavy atom. The Morgan fingerprint density at radius 1 is 1.29 bits per heavy atom. The van der Waals surface area contributed by atoms with Crippen molar-refractivity contribution in [3.05, 3.63) is 80.1 Å². The van der Waals surface area contributed by atoms with Crippen molar-refractivity contribution < 1.29 is 19.7 Å². The highest BCUT2D eigenvalue weighted by Crippen LogP contribution is 2.28. The molecule has 0 unspecified atom stereocenters.